The molecule has 1 heterocycles. The van der Waals surface area contributed by atoms with Crippen LogP contribution in [-0.4, -0.2) is 35.1 Å². The van der Waals surface area contributed by atoms with E-state index in [1.807, 2.05) is 4.68 Å². The van der Waals surface area contributed by atoms with E-state index in [-0.39, 0.29) is 5.97 Å². The van der Waals surface area contributed by atoms with Crippen LogP contribution < -0.4 is 0 Å². The van der Waals surface area contributed by atoms with Crippen LogP contribution >= 0.6 is 0 Å². The molecule has 1 aromatic rings. The van der Waals surface area contributed by atoms with Crippen molar-refractivity contribution in [2.75, 3.05) is 13.2 Å². The Kier molecular flexibility index (Phi) is 5.82. The zero-order valence-electron chi connectivity index (χ0n) is 12.5. The van der Waals surface area contributed by atoms with Gasteiger partial charge in [0, 0.05) is 12.7 Å². The number of carbonyl (C=O) groups excluding carboxylic acids is 1. The van der Waals surface area contributed by atoms with E-state index in [4.69, 9.17) is 15.9 Å². The fraction of sp³-hybridized carbons (Fsp3) is 0.625. The normalized spacial score (nSPS) is 21.7. The molecule has 0 saturated heterocycles. The lowest BCUT2D eigenvalue weighted by molar-refractivity contribution is 0.0349. The average molecular weight is 290 g/mol. The van der Waals surface area contributed by atoms with Crippen LogP contribution in [0.4, 0.5) is 0 Å². The zero-order valence-corrected chi connectivity index (χ0v) is 12.5. The van der Waals surface area contributed by atoms with Gasteiger partial charge in [0.25, 0.3) is 0 Å². The lowest BCUT2D eigenvalue weighted by Crippen LogP contribution is -2.24. The number of esters is 1. The van der Waals surface area contributed by atoms with Crippen molar-refractivity contribution in [3.8, 4) is 12.3 Å². The predicted molar refractivity (Wildman–Crippen MR) is 78.7 cm³/mol. The minimum absolute atomic E-state index is 0.296. The van der Waals surface area contributed by atoms with Gasteiger partial charge in [-0.2, -0.15) is 5.10 Å². The maximum absolute atomic E-state index is 11.6. The second-order valence-electron chi connectivity index (χ2n) is 5.33. The lowest BCUT2D eigenvalue weighted by atomic mass is 9.87. The second kappa shape index (κ2) is 7.84. The Morgan fingerprint density at radius 3 is 2.90 bits per heavy atom. The minimum atomic E-state index is -0.310. The van der Waals surface area contributed by atoms with Crippen molar-refractivity contribution in [2.24, 2.45) is 5.92 Å². The third-order valence-electron chi connectivity index (χ3n) is 3.79. The largest absolute Gasteiger partial charge is 0.462 e. The summed E-state index contributed by atoms with van der Waals surface area (Å²) in [6.07, 6.45) is 13.1. The fourth-order valence-corrected chi connectivity index (χ4v) is 2.69. The van der Waals surface area contributed by atoms with Gasteiger partial charge < -0.3 is 9.47 Å². The van der Waals surface area contributed by atoms with E-state index >= 15 is 0 Å². The van der Waals surface area contributed by atoms with E-state index in [2.05, 4.69) is 11.0 Å². The van der Waals surface area contributed by atoms with Gasteiger partial charge in [-0.1, -0.05) is 5.92 Å². The molecule has 0 radical (unpaired) electrons. The summed E-state index contributed by atoms with van der Waals surface area (Å²) in [7, 11) is 0. The number of nitrogens with zero attached hydrogens (tertiary/aromatic N) is 2. The third kappa shape index (κ3) is 4.61. The highest BCUT2D eigenvalue weighted by molar-refractivity contribution is 5.88. The lowest BCUT2D eigenvalue weighted by Gasteiger charge is -2.27. The summed E-state index contributed by atoms with van der Waals surface area (Å²) in [5.41, 5.74) is 0.517. The number of aromatic nitrogens is 2. The number of hydrogen-bond donors (Lipinski definition) is 0. The maximum Gasteiger partial charge on any atom is 0.341 e. The Morgan fingerprint density at radius 2 is 2.24 bits per heavy atom. The van der Waals surface area contributed by atoms with E-state index < -0.39 is 0 Å². The first kappa shape index (κ1) is 15.6. The van der Waals surface area contributed by atoms with Crippen molar-refractivity contribution < 1.29 is 14.3 Å². The van der Waals surface area contributed by atoms with Crippen LogP contribution in [0.5, 0.6) is 0 Å². The van der Waals surface area contributed by atoms with Gasteiger partial charge in [-0.15, -0.1) is 6.42 Å². The molecule has 21 heavy (non-hydrogen) atoms. The average Bonchev–Trinajstić information content (AvgIpc) is 2.95. The topological polar surface area (TPSA) is 53.4 Å². The number of ether oxygens (including phenoxy) is 2. The molecular weight excluding hydrogens is 268 g/mol. The molecular formula is C16H22N2O3. The number of carbonyl (C=O) groups is 1. The molecule has 0 amide bonds. The first-order chi connectivity index (χ1) is 10.2. The SMILES string of the molecule is C#CCOC1CCC(Cn2cc(C(=O)OCC)cn2)CC1. The van der Waals surface area contributed by atoms with Crippen molar-refractivity contribution in [3.63, 3.8) is 0 Å². The van der Waals surface area contributed by atoms with Crippen LogP contribution in [0.3, 0.4) is 0 Å². The van der Waals surface area contributed by atoms with Crippen molar-refractivity contribution in [3.05, 3.63) is 18.0 Å². The monoisotopic (exact) mass is 290 g/mol. The molecule has 114 valence electrons. The molecule has 1 aliphatic carbocycles. The Labute approximate surface area is 125 Å². The van der Waals surface area contributed by atoms with Crippen LogP contribution in [-0.2, 0) is 16.0 Å². The molecule has 0 aromatic carbocycles. The van der Waals surface area contributed by atoms with Gasteiger partial charge in [0.15, 0.2) is 0 Å². The molecule has 1 aliphatic rings. The number of terminal acetylenes is 1. The van der Waals surface area contributed by atoms with E-state index in [0.717, 1.165) is 32.2 Å². The van der Waals surface area contributed by atoms with Gasteiger partial charge in [0.2, 0.25) is 0 Å². The molecule has 0 N–H and O–H groups in total. The quantitative estimate of drug-likeness (QED) is 0.596. The summed E-state index contributed by atoms with van der Waals surface area (Å²) in [6, 6.07) is 0. The van der Waals surface area contributed by atoms with E-state index in [0.29, 0.717) is 30.8 Å². The molecule has 1 saturated carbocycles. The highest BCUT2D eigenvalue weighted by Crippen LogP contribution is 2.27. The fourth-order valence-electron chi connectivity index (χ4n) is 2.69. The Bertz CT molecular complexity index is 496. The summed E-state index contributed by atoms with van der Waals surface area (Å²) >= 11 is 0. The molecule has 2 rings (SSSR count). The molecule has 5 nitrogen and oxygen atoms in total. The standard InChI is InChI=1S/C16H22N2O3/c1-3-9-21-15-7-5-13(6-8-15)11-18-12-14(10-17-18)16(19)20-4-2/h1,10,12-13,15H,4-9,11H2,2H3. The van der Waals surface area contributed by atoms with E-state index in [9.17, 15) is 4.79 Å². The number of hydrogen-bond acceptors (Lipinski definition) is 4. The van der Waals surface area contributed by atoms with Crippen molar-refractivity contribution in [1.29, 1.82) is 0 Å². The zero-order chi connectivity index (χ0) is 15.1. The third-order valence-corrected chi connectivity index (χ3v) is 3.79. The first-order valence-corrected chi connectivity index (χ1v) is 7.47. The summed E-state index contributed by atoms with van der Waals surface area (Å²) in [6.45, 7) is 3.41. The first-order valence-electron chi connectivity index (χ1n) is 7.47. The van der Waals surface area contributed by atoms with Gasteiger partial charge in [-0.3, -0.25) is 4.68 Å². The smallest absolute Gasteiger partial charge is 0.341 e. The molecule has 0 spiro atoms. The van der Waals surface area contributed by atoms with Crippen LogP contribution in [0, 0.1) is 18.3 Å². The molecule has 0 unspecified atom stereocenters. The van der Waals surface area contributed by atoms with Crippen molar-refractivity contribution >= 4 is 5.97 Å². The van der Waals surface area contributed by atoms with Gasteiger partial charge in [-0.05, 0) is 38.5 Å². The highest BCUT2D eigenvalue weighted by atomic mass is 16.5. The molecule has 5 heteroatoms. The van der Waals surface area contributed by atoms with E-state index in [1.54, 1.807) is 19.3 Å². The summed E-state index contributed by atoms with van der Waals surface area (Å²) in [5, 5.41) is 4.24. The molecule has 1 aromatic heterocycles. The molecule has 0 bridgehead atoms. The van der Waals surface area contributed by atoms with Crippen molar-refractivity contribution in [1.82, 2.24) is 9.78 Å². The minimum Gasteiger partial charge on any atom is -0.462 e. The Morgan fingerprint density at radius 1 is 1.48 bits per heavy atom. The van der Waals surface area contributed by atoms with Crippen LogP contribution in [0.2, 0.25) is 0 Å². The van der Waals surface area contributed by atoms with Gasteiger partial charge in [-0.25, -0.2) is 4.79 Å². The summed E-state index contributed by atoms with van der Waals surface area (Å²) in [4.78, 5) is 11.6. The van der Waals surface area contributed by atoms with Crippen LogP contribution in [0.1, 0.15) is 43.0 Å². The molecule has 0 atom stereocenters. The van der Waals surface area contributed by atoms with Crippen molar-refractivity contribution in [2.45, 2.75) is 45.3 Å². The van der Waals surface area contributed by atoms with Gasteiger partial charge in [0.05, 0.1) is 24.5 Å². The maximum atomic E-state index is 11.6. The van der Waals surface area contributed by atoms with Crippen LogP contribution in [0.25, 0.3) is 0 Å². The molecule has 0 aliphatic heterocycles. The van der Waals surface area contributed by atoms with Gasteiger partial charge >= 0.3 is 5.97 Å². The predicted octanol–water partition coefficient (Wildman–Crippen LogP) is 2.27. The Balaban J connectivity index is 1.78. The van der Waals surface area contributed by atoms with Crippen LogP contribution in [0.15, 0.2) is 12.4 Å². The summed E-state index contributed by atoms with van der Waals surface area (Å²) in [5.74, 6) is 2.77. The van der Waals surface area contributed by atoms with E-state index in [1.165, 1.54) is 0 Å². The second-order valence-corrected chi connectivity index (χ2v) is 5.33. The highest BCUT2D eigenvalue weighted by Gasteiger charge is 2.22. The molecule has 1 fully saturated rings. The summed E-state index contributed by atoms with van der Waals surface area (Å²) < 4.78 is 12.4. The Hall–Kier alpha value is -1.80. The number of rotatable bonds is 6. The van der Waals surface area contributed by atoms with Gasteiger partial charge in [0.1, 0.15) is 6.61 Å².